The number of hydrogen-bond donors (Lipinski definition) is 2. The summed E-state index contributed by atoms with van der Waals surface area (Å²) in [5.41, 5.74) is 8.82. The van der Waals surface area contributed by atoms with E-state index in [0.717, 1.165) is 16.8 Å². The highest BCUT2D eigenvalue weighted by Gasteiger charge is 2.36. The number of nitriles is 1. The molecule has 0 saturated heterocycles. The minimum absolute atomic E-state index is 0.0450. The monoisotopic (exact) mass is 366 g/mol. The number of furan rings is 1. The number of aryl methyl sites for hydroxylation is 1. The van der Waals surface area contributed by atoms with Crippen molar-refractivity contribution in [3.8, 4) is 23.3 Å². The number of H-pyrrole nitrogens is 1. The van der Waals surface area contributed by atoms with Gasteiger partial charge in [-0.05, 0) is 42.8 Å². The number of hydrogen-bond acceptors (Lipinski definition) is 5. The Morgan fingerprint density at radius 1 is 1.27 bits per heavy atom. The fourth-order valence-corrected chi connectivity index (χ4v) is 3.27. The number of fused-ring (bicyclic) bond motifs is 1. The zero-order valence-corrected chi connectivity index (χ0v) is 14.7. The van der Waals surface area contributed by atoms with E-state index >= 15 is 0 Å². The van der Waals surface area contributed by atoms with Crippen LogP contribution in [0, 0.1) is 11.3 Å². The lowest BCUT2D eigenvalue weighted by atomic mass is 9.87. The first kappa shape index (κ1) is 16.3. The second kappa shape index (κ2) is 6.28. The van der Waals surface area contributed by atoms with E-state index in [9.17, 15) is 5.26 Å². The summed E-state index contributed by atoms with van der Waals surface area (Å²) in [6.45, 7) is 2.00. The Hall–Kier alpha value is -3.17. The Kier molecular flexibility index (Phi) is 3.94. The molecule has 130 valence electrons. The average Bonchev–Trinajstić information content (AvgIpc) is 3.28. The summed E-state index contributed by atoms with van der Waals surface area (Å²) >= 11 is 5.95. The van der Waals surface area contributed by atoms with Crippen molar-refractivity contribution < 1.29 is 9.15 Å². The first-order valence-electron chi connectivity index (χ1n) is 8.12. The number of nitrogens with zero attached hydrogens (tertiary/aromatic N) is 2. The standard InChI is InChI=1S/C19H15ClN4O2/c1-2-13-17-16(12(9-21)18(22)26-19(17)24-23-13)15-8-7-14(25-15)10-3-5-11(20)6-4-10/h3-8,16H,2,22H2,1H3,(H,23,24)/t16-/m0/s1. The van der Waals surface area contributed by atoms with Crippen LogP contribution in [0.3, 0.4) is 0 Å². The van der Waals surface area contributed by atoms with Crippen molar-refractivity contribution in [2.75, 3.05) is 0 Å². The van der Waals surface area contributed by atoms with Gasteiger partial charge >= 0.3 is 0 Å². The molecule has 3 N–H and O–H groups in total. The van der Waals surface area contributed by atoms with E-state index in [1.807, 2.05) is 31.2 Å². The molecule has 4 rings (SSSR count). The molecular formula is C19H15ClN4O2. The summed E-state index contributed by atoms with van der Waals surface area (Å²) in [4.78, 5) is 0. The molecule has 1 atom stereocenters. The highest BCUT2D eigenvalue weighted by Crippen LogP contribution is 2.44. The van der Waals surface area contributed by atoms with E-state index in [1.165, 1.54) is 0 Å². The molecule has 1 aliphatic rings. The zero-order chi connectivity index (χ0) is 18.3. The topological polar surface area (TPSA) is 101 Å². The third-order valence-corrected chi connectivity index (χ3v) is 4.66. The molecule has 1 aliphatic heterocycles. The van der Waals surface area contributed by atoms with Gasteiger partial charge in [0.1, 0.15) is 23.2 Å². The SMILES string of the molecule is CCc1[nH]nc2c1[C@H](c1ccc(-c3ccc(Cl)cc3)o1)C(C#N)=C(N)O2. The van der Waals surface area contributed by atoms with Crippen molar-refractivity contribution in [1.29, 1.82) is 5.26 Å². The van der Waals surface area contributed by atoms with Gasteiger partial charge in [0.05, 0.1) is 11.5 Å². The van der Waals surface area contributed by atoms with E-state index in [2.05, 4.69) is 16.3 Å². The molecule has 7 heteroatoms. The van der Waals surface area contributed by atoms with Gasteiger partial charge in [0, 0.05) is 16.3 Å². The Morgan fingerprint density at radius 2 is 2.04 bits per heavy atom. The van der Waals surface area contributed by atoms with Gasteiger partial charge in [-0.25, -0.2) is 0 Å². The van der Waals surface area contributed by atoms with Crippen LogP contribution in [-0.4, -0.2) is 10.2 Å². The number of benzene rings is 1. The molecule has 6 nitrogen and oxygen atoms in total. The van der Waals surface area contributed by atoms with Crippen LogP contribution in [0.4, 0.5) is 0 Å². The maximum Gasteiger partial charge on any atom is 0.244 e. The van der Waals surface area contributed by atoms with Gasteiger partial charge in [-0.2, -0.15) is 5.26 Å². The summed E-state index contributed by atoms with van der Waals surface area (Å²) < 4.78 is 11.6. The van der Waals surface area contributed by atoms with Gasteiger partial charge < -0.3 is 14.9 Å². The number of nitrogens with two attached hydrogens (primary N) is 1. The van der Waals surface area contributed by atoms with Crippen LogP contribution in [0.2, 0.25) is 5.02 Å². The molecule has 0 radical (unpaired) electrons. The van der Waals surface area contributed by atoms with Crippen LogP contribution in [0.5, 0.6) is 5.88 Å². The van der Waals surface area contributed by atoms with E-state index in [1.54, 1.807) is 12.1 Å². The van der Waals surface area contributed by atoms with Crippen LogP contribution < -0.4 is 10.5 Å². The van der Waals surface area contributed by atoms with Gasteiger partial charge in [-0.15, -0.1) is 5.10 Å². The third kappa shape index (κ3) is 2.54. The predicted octanol–water partition coefficient (Wildman–Crippen LogP) is 4.10. The van der Waals surface area contributed by atoms with Crippen molar-refractivity contribution in [1.82, 2.24) is 10.2 Å². The van der Waals surface area contributed by atoms with E-state index in [0.29, 0.717) is 34.4 Å². The lowest BCUT2D eigenvalue weighted by Gasteiger charge is -2.21. The highest BCUT2D eigenvalue weighted by atomic mass is 35.5. The minimum atomic E-state index is -0.460. The van der Waals surface area contributed by atoms with Gasteiger partial charge in [0.15, 0.2) is 0 Å². The van der Waals surface area contributed by atoms with E-state index in [4.69, 9.17) is 26.5 Å². The molecule has 0 saturated carbocycles. The van der Waals surface area contributed by atoms with Gasteiger partial charge in [-0.1, -0.05) is 18.5 Å². The van der Waals surface area contributed by atoms with Gasteiger partial charge in [0.2, 0.25) is 11.8 Å². The minimum Gasteiger partial charge on any atom is -0.460 e. The number of aromatic amines is 1. The number of ether oxygens (including phenoxy) is 1. The first-order chi connectivity index (χ1) is 12.6. The summed E-state index contributed by atoms with van der Waals surface area (Å²) in [6.07, 6.45) is 0.714. The fourth-order valence-electron chi connectivity index (χ4n) is 3.14. The first-order valence-corrected chi connectivity index (χ1v) is 8.50. The predicted molar refractivity (Wildman–Crippen MR) is 96.4 cm³/mol. The molecule has 0 amide bonds. The normalized spacial score (nSPS) is 16.1. The average molecular weight is 367 g/mol. The summed E-state index contributed by atoms with van der Waals surface area (Å²) in [5.74, 6) is 1.26. The Morgan fingerprint density at radius 3 is 2.73 bits per heavy atom. The Labute approximate surface area is 154 Å². The number of nitrogens with one attached hydrogen (secondary N) is 1. The van der Waals surface area contributed by atoms with Crippen molar-refractivity contribution >= 4 is 11.6 Å². The largest absolute Gasteiger partial charge is 0.460 e. The van der Waals surface area contributed by atoms with Crippen LogP contribution in [0.25, 0.3) is 11.3 Å². The van der Waals surface area contributed by atoms with Crippen LogP contribution in [-0.2, 0) is 6.42 Å². The van der Waals surface area contributed by atoms with Gasteiger partial charge in [-0.3, -0.25) is 5.10 Å². The molecule has 0 aliphatic carbocycles. The molecule has 26 heavy (non-hydrogen) atoms. The molecule has 0 bridgehead atoms. The smallest absolute Gasteiger partial charge is 0.244 e. The number of allylic oxidation sites excluding steroid dienone is 1. The lowest BCUT2D eigenvalue weighted by molar-refractivity contribution is 0.371. The van der Waals surface area contributed by atoms with Gasteiger partial charge in [0.25, 0.3) is 0 Å². The maximum absolute atomic E-state index is 9.62. The van der Waals surface area contributed by atoms with Crippen LogP contribution in [0.1, 0.15) is 29.9 Å². The second-order valence-corrected chi connectivity index (χ2v) is 6.34. The zero-order valence-electron chi connectivity index (χ0n) is 13.9. The van der Waals surface area contributed by atoms with Crippen LogP contribution in [0.15, 0.2) is 52.3 Å². The molecule has 3 aromatic rings. The molecule has 1 aromatic carbocycles. The number of rotatable bonds is 3. The number of halogens is 1. The number of aromatic nitrogens is 2. The Bertz CT molecular complexity index is 1040. The quantitative estimate of drug-likeness (QED) is 0.726. The molecule has 0 spiro atoms. The third-order valence-electron chi connectivity index (χ3n) is 4.41. The maximum atomic E-state index is 9.62. The summed E-state index contributed by atoms with van der Waals surface area (Å²) in [7, 11) is 0. The molecular weight excluding hydrogens is 352 g/mol. The summed E-state index contributed by atoms with van der Waals surface area (Å²) in [5, 5.41) is 17.4. The molecule has 0 unspecified atom stereocenters. The Balaban J connectivity index is 1.83. The van der Waals surface area contributed by atoms with Crippen molar-refractivity contribution in [3.05, 3.63) is 69.9 Å². The molecule has 3 heterocycles. The highest BCUT2D eigenvalue weighted by molar-refractivity contribution is 6.30. The second-order valence-electron chi connectivity index (χ2n) is 5.91. The lowest BCUT2D eigenvalue weighted by Crippen LogP contribution is -2.21. The fraction of sp³-hybridized carbons (Fsp3) is 0.158. The van der Waals surface area contributed by atoms with E-state index in [-0.39, 0.29) is 5.88 Å². The van der Waals surface area contributed by atoms with E-state index < -0.39 is 5.92 Å². The van der Waals surface area contributed by atoms with Crippen molar-refractivity contribution in [2.45, 2.75) is 19.3 Å². The van der Waals surface area contributed by atoms with Crippen molar-refractivity contribution in [2.24, 2.45) is 5.73 Å². The molecule has 2 aromatic heterocycles. The molecule has 0 fully saturated rings. The van der Waals surface area contributed by atoms with Crippen LogP contribution >= 0.6 is 11.6 Å². The van der Waals surface area contributed by atoms with Crippen molar-refractivity contribution in [3.63, 3.8) is 0 Å². The summed E-state index contributed by atoms with van der Waals surface area (Å²) in [6, 6.07) is 13.2.